The van der Waals surface area contributed by atoms with Crippen LogP contribution in [0.15, 0.2) is 42.6 Å². The lowest BCUT2D eigenvalue weighted by atomic mass is 10.0. The fourth-order valence-corrected chi connectivity index (χ4v) is 3.08. The minimum absolute atomic E-state index is 0.553. The molecule has 8 heteroatoms. The van der Waals surface area contributed by atoms with E-state index in [2.05, 4.69) is 66.9 Å². The van der Waals surface area contributed by atoms with Crippen molar-refractivity contribution in [1.29, 1.82) is 0 Å². The van der Waals surface area contributed by atoms with E-state index in [0.29, 0.717) is 12.4 Å². The molecule has 0 unspecified atom stereocenters. The van der Waals surface area contributed by atoms with Crippen LogP contribution in [-0.2, 0) is 13.0 Å². The highest BCUT2D eigenvalue weighted by atomic mass is 15.5. The van der Waals surface area contributed by atoms with Crippen molar-refractivity contribution in [2.24, 2.45) is 0 Å². The summed E-state index contributed by atoms with van der Waals surface area (Å²) in [6, 6.07) is 12.3. The maximum atomic E-state index is 4.52. The van der Waals surface area contributed by atoms with Gasteiger partial charge in [-0.3, -0.25) is 4.98 Å². The summed E-state index contributed by atoms with van der Waals surface area (Å²) in [6.07, 6.45) is 3.72. The summed E-state index contributed by atoms with van der Waals surface area (Å²) >= 11 is 0. The molecule has 0 amide bonds. The van der Waals surface area contributed by atoms with E-state index in [9.17, 15) is 0 Å². The minimum Gasteiger partial charge on any atom is -0.252 e. The van der Waals surface area contributed by atoms with Crippen molar-refractivity contribution in [3.05, 3.63) is 59.8 Å². The van der Waals surface area contributed by atoms with Gasteiger partial charge in [0, 0.05) is 18.2 Å². The van der Waals surface area contributed by atoms with Crippen LogP contribution in [0.4, 0.5) is 0 Å². The van der Waals surface area contributed by atoms with Gasteiger partial charge in [-0.25, -0.2) is 14.8 Å². The fraction of sp³-hybridized carbons (Fsp3) is 0.263. The van der Waals surface area contributed by atoms with Gasteiger partial charge in [0.05, 0.1) is 6.54 Å². The first-order valence-corrected chi connectivity index (χ1v) is 8.93. The van der Waals surface area contributed by atoms with Gasteiger partial charge >= 0.3 is 0 Å². The number of aromatic nitrogens is 8. The summed E-state index contributed by atoms with van der Waals surface area (Å²) < 4.78 is 1.99. The Morgan fingerprint density at radius 3 is 2.70 bits per heavy atom. The second kappa shape index (κ2) is 7.45. The number of H-pyrrole nitrogens is 1. The maximum Gasteiger partial charge on any atom is 0.198 e. The third-order valence-corrected chi connectivity index (χ3v) is 4.30. The standard InChI is InChI=1S/C19H20N8/c1-3-5-17-21-13(2)24-27(17)12-14-7-9-15(10-8-14)16-6-4-11-20-18(16)19-22-25-26-23-19/h4,6-11H,3,5,12H2,1-2H3,(H,22,23,25,26). The van der Waals surface area contributed by atoms with Crippen molar-refractivity contribution < 1.29 is 0 Å². The summed E-state index contributed by atoms with van der Waals surface area (Å²) in [5, 5.41) is 18.6. The molecule has 0 saturated heterocycles. The van der Waals surface area contributed by atoms with Crippen molar-refractivity contribution in [2.45, 2.75) is 33.2 Å². The predicted molar refractivity (Wildman–Crippen MR) is 101 cm³/mol. The molecule has 3 heterocycles. The zero-order valence-electron chi connectivity index (χ0n) is 15.3. The number of nitrogens with one attached hydrogen (secondary N) is 1. The number of benzene rings is 1. The van der Waals surface area contributed by atoms with E-state index in [-0.39, 0.29) is 0 Å². The van der Waals surface area contributed by atoms with Crippen LogP contribution in [0, 0.1) is 6.92 Å². The van der Waals surface area contributed by atoms with Gasteiger partial charge < -0.3 is 0 Å². The van der Waals surface area contributed by atoms with Crippen molar-refractivity contribution in [3.63, 3.8) is 0 Å². The van der Waals surface area contributed by atoms with Crippen LogP contribution in [0.2, 0.25) is 0 Å². The SMILES string of the molecule is CCCc1nc(C)nn1Cc1ccc(-c2cccnc2-c2nnn[nH]2)cc1. The monoisotopic (exact) mass is 360 g/mol. The predicted octanol–water partition coefficient (Wildman–Crippen LogP) is 2.83. The third kappa shape index (κ3) is 3.59. The number of hydrogen-bond acceptors (Lipinski definition) is 6. The van der Waals surface area contributed by atoms with Gasteiger partial charge in [-0.2, -0.15) is 5.10 Å². The van der Waals surface area contributed by atoms with Crippen LogP contribution in [0.1, 0.15) is 30.6 Å². The average molecular weight is 360 g/mol. The van der Waals surface area contributed by atoms with Gasteiger partial charge in [0.25, 0.3) is 0 Å². The minimum atomic E-state index is 0.553. The molecule has 27 heavy (non-hydrogen) atoms. The molecule has 4 rings (SSSR count). The molecule has 4 aromatic rings. The molecular weight excluding hydrogens is 340 g/mol. The first-order valence-electron chi connectivity index (χ1n) is 8.93. The Morgan fingerprint density at radius 2 is 1.96 bits per heavy atom. The summed E-state index contributed by atoms with van der Waals surface area (Å²) in [5.41, 5.74) is 3.94. The zero-order chi connectivity index (χ0) is 18.6. The van der Waals surface area contributed by atoms with Crippen LogP contribution in [-0.4, -0.2) is 40.4 Å². The summed E-state index contributed by atoms with van der Waals surface area (Å²) in [4.78, 5) is 8.95. The molecule has 3 aromatic heterocycles. The van der Waals surface area contributed by atoms with E-state index in [1.54, 1.807) is 6.20 Å². The second-order valence-corrected chi connectivity index (χ2v) is 6.33. The lowest BCUT2D eigenvalue weighted by Crippen LogP contribution is -2.07. The molecule has 0 aliphatic rings. The average Bonchev–Trinajstić information content (AvgIpc) is 3.33. The molecule has 0 saturated carbocycles. The number of rotatable bonds is 6. The van der Waals surface area contributed by atoms with Gasteiger partial charge in [0.15, 0.2) is 5.82 Å². The van der Waals surface area contributed by atoms with Crippen molar-refractivity contribution in [1.82, 2.24) is 40.4 Å². The van der Waals surface area contributed by atoms with E-state index in [4.69, 9.17) is 0 Å². The fourth-order valence-electron chi connectivity index (χ4n) is 3.08. The number of pyridine rings is 1. The highest BCUT2D eigenvalue weighted by Gasteiger charge is 2.12. The molecule has 8 nitrogen and oxygen atoms in total. The highest BCUT2D eigenvalue weighted by Crippen LogP contribution is 2.28. The third-order valence-electron chi connectivity index (χ3n) is 4.30. The number of nitrogens with zero attached hydrogens (tertiary/aromatic N) is 7. The Morgan fingerprint density at radius 1 is 1.11 bits per heavy atom. The first-order chi connectivity index (χ1) is 13.2. The number of aromatic amines is 1. The number of hydrogen-bond donors (Lipinski definition) is 1. The van der Waals surface area contributed by atoms with Crippen molar-refractivity contribution in [2.75, 3.05) is 0 Å². The van der Waals surface area contributed by atoms with Gasteiger partial charge in [-0.15, -0.1) is 5.10 Å². The van der Waals surface area contributed by atoms with E-state index in [1.165, 1.54) is 5.56 Å². The van der Waals surface area contributed by atoms with Crippen LogP contribution in [0.3, 0.4) is 0 Å². The van der Waals surface area contributed by atoms with Crippen molar-refractivity contribution >= 4 is 0 Å². The molecule has 136 valence electrons. The number of aryl methyl sites for hydroxylation is 2. The molecule has 0 spiro atoms. The topological polar surface area (TPSA) is 98.1 Å². The largest absolute Gasteiger partial charge is 0.252 e. The molecule has 0 bridgehead atoms. The maximum absolute atomic E-state index is 4.52. The highest BCUT2D eigenvalue weighted by molar-refractivity contribution is 5.77. The molecule has 0 fully saturated rings. The van der Waals surface area contributed by atoms with Gasteiger partial charge in [-0.1, -0.05) is 37.3 Å². The zero-order valence-corrected chi connectivity index (χ0v) is 15.3. The van der Waals surface area contributed by atoms with Gasteiger partial charge in [-0.05, 0) is 41.0 Å². The van der Waals surface area contributed by atoms with E-state index in [1.807, 2.05) is 23.7 Å². The molecule has 1 aromatic carbocycles. The molecule has 1 N–H and O–H groups in total. The number of tetrazole rings is 1. The van der Waals surface area contributed by atoms with E-state index >= 15 is 0 Å². The Kier molecular flexibility index (Phi) is 4.69. The molecule has 0 aliphatic heterocycles. The van der Waals surface area contributed by atoms with Crippen molar-refractivity contribution in [3.8, 4) is 22.6 Å². The quantitative estimate of drug-likeness (QED) is 0.568. The summed E-state index contributed by atoms with van der Waals surface area (Å²) in [6.45, 7) is 4.79. The Bertz CT molecular complexity index is 1020. The lowest BCUT2D eigenvalue weighted by molar-refractivity contribution is 0.627. The van der Waals surface area contributed by atoms with E-state index < -0.39 is 0 Å². The van der Waals surface area contributed by atoms with Crippen LogP contribution >= 0.6 is 0 Å². The van der Waals surface area contributed by atoms with Crippen LogP contribution in [0.5, 0.6) is 0 Å². The molecular formula is C19H20N8. The smallest absolute Gasteiger partial charge is 0.198 e. The van der Waals surface area contributed by atoms with Crippen LogP contribution in [0.25, 0.3) is 22.6 Å². The van der Waals surface area contributed by atoms with Crippen LogP contribution < -0.4 is 0 Å². The first kappa shape index (κ1) is 17.0. The summed E-state index contributed by atoms with van der Waals surface area (Å²) in [7, 11) is 0. The Hall–Kier alpha value is -3.42. The second-order valence-electron chi connectivity index (χ2n) is 6.33. The Balaban J connectivity index is 1.61. The van der Waals surface area contributed by atoms with Gasteiger partial charge in [0.2, 0.25) is 0 Å². The van der Waals surface area contributed by atoms with Gasteiger partial charge in [0.1, 0.15) is 17.3 Å². The molecule has 0 atom stereocenters. The van der Waals surface area contributed by atoms with E-state index in [0.717, 1.165) is 41.3 Å². The lowest BCUT2D eigenvalue weighted by Gasteiger charge is -2.09. The molecule has 0 aliphatic carbocycles. The summed E-state index contributed by atoms with van der Waals surface area (Å²) in [5.74, 6) is 2.40. The Labute approximate surface area is 156 Å². The normalized spacial score (nSPS) is 11.0. The molecule has 0 radical (unpaired) electrons.